The van der Waals surface area contributed by atoms with E-state index in [1.807, 2.05) is 6.92 Å². The van der Waals surface area contributed by atoms with Crippen molar-refractivity contribution in [3.05, 3.63) is 47.5 Å². The SMILES string of the molecule is CCc1c(C(=O)N2CCC(C(=O)O)C2)cnn1-c1ccc(F)cc1. The fourth-order valence-corrected chi connectivity index (χ4v) is 3.01. The molecular weight excluding hydrogens is 313 g/mol. The third-order valence-electron chi connectivity index (χ3n) is 4.33. The van der Waals surface area contributed by atoms with E-state index in [2.05, 4.69) is 5.10 Å². The van der Waals surface area contributed by atoms with Gasteiger partial charge >= 0.3 is 5.97 Å². The summed E-state index contributed by atoms with van der Waals surface area (Å²) < 4.78 is 14.7. The Hall–Kier alpha value is -2.70. The lowest BCUT2D eigenvalue weighted by Gasteiger charge is -2.16. The molecule has 0 radical (unpaired) electrons. The van der Waals surface area contributed by atoms with Crippen LogP contribution >= 0.6 is 0 Å². The smallest absolute Gasteiger partial charge is 0.308 e. The zero-order valence-corrected chi connectivity index (χ0v) is 13.3. The molecule has 1 amide bonds. The molecule has 1 fully saturated rings. The largest absolute Gasteiger partial charge is 0.481 e. The van der Waals surface area contributed by atoms with Gasteiger partial charge in [-0.15, -0.1) is 0 Å². The molecule has 1 aliphatic heterocycles. The third-order valence-corrected chi connectivity index (χ3v) is 4.33. The number of carboxylic acids is 1. The van der Waals surface area contributed by atoms with E-state index in [1.54, 1.807) is 21.7 Å². The van der Waals surface area contributed by atoms with Gasteiger partial charge < -0.3 is 10.0 Å². The van der Waals surface area contributed by atoms with Gasteiger partial charge in [0.15, 0.2) is 0 Å². The number of carboxylic acid groups (broad SMARTS) is 1. The minimum atomic E-state index is -0.872. The van der Waals surface area contributed by atoms with E-state index in [0.29, 0.717) is 30.6 Å². The molecule has 2 aromatic rings. The normalized spacial score (nSPS) is 17.2. The molecule has 0 bridgehead atoms. The summed E-state index contributed by atoms with van der Waals surface area (Å²) in [7, 11) is 0. The predicted molar refractivity (Wildman–Crippen MR) is 84.5 cm³/mol. The van der Waals surface area contributed by atoms with Crippen LogP contribution in [0.25, 0.3) is 5.69 Å². The van der Waals surface area contributed by atoms with Crippen LogP contribution in [0, 0.1) is 11.7 Å². The Morgan fingerprint density at radius 2 is 2.04 bits per heavy atom. The van der Waals surface area contributed by atoms with Crippen molar-refractivity contribution in [3.63, 3.8) is 0 Å². The zero-order valence-electron chi connectivity index (χ0n) is 13.3. The molecule has 1 saturated heterocycles. The van der Waals surface area contributed by atoms with E-state index in [1.165, 1.54) is 18.3 Å². The van der Waals surface area contributed by atoms with Crippen LogP contribution < -0.4 is 0 Å². The molecule has 1 atom stereocenters. The van der Waals surface area contributed by atoms with Crippen LogP contribution in [0.3, 0.4) is 0 Å². The molecule has 7 heteroatoms. The number of likely N-dealkylation sites (tertiary alicyclic amines) is 1. The standard InChI is InChI=1S/C17H18FN3O3/c1-2-15-14(16(22)20-8-7-11(10-20)17(23)24)9-19-21(15)13-5-3-12(18)4-6-13/h3-6,9,11H,2,7-8,10H2,1H3,(H,23,24). The maximum absolute atomic E-state index is 13.1. The maximum atomic E-state index is 13.1. The Labute approximate surface area is 138 Å². The molecule has 24 heavy (non-hydrogen) atoms. The number of aromatic nitrogens is 2. The Morgan fingerprint density at radius 3 is 2.62 bits per heavy atom. The number of hydrogen-bond donors (Lipinski definition) is 1. The van der Waals surface area contributed by atoms with Gasteiger partial charge in [0.1, 0.15) is 5.82 Å². The minimum Gasteiger partial charge on any atom is -0.481 e. The first kappa shape index (κ1) is 16.2. The number of benzene rings is 1. The third kappa shape index (κ3) is 2.89. The Morgan fingerprint density at radius 1 is 1.33 bits per heavy atom. The summed E-state index contributed by atoms with van der Waals surface area (Å²) >= 11 is 0. The number of amides is 1. The quantitative estimate of drug-likeness (QED) is 0.931. The highest BCUT2D eigenvalue weighted by molar-refractivity contribution is 5.95. The van der Waals surface area contributed by atoms with Crippen molar-refractivity contribution in [2.24, 2.45) is 5.92 Å². The maximum Gasteiger partial charge on any atom is 0.308 e. The van der Waals surface area contributed by atoms with Crippen LogP contribution in [0.15, 0.2) is 30.5 Å². The topological polar surface area (TPSA) is 75.4 Å². The first-order valence-corrected chi connectivity index (χ1v) is 7.86. The van der Waals surface area contributed by atoms with Crippen molar-refractivity contribution >= 4 is 11.9 Å². The van der Waals surface area contributed by atoms with Crippen LogP contribution in [0.1, 0.15) is 29.4 Å². The number of carbonyl (C=O) groups is 2. The van der Waals surface area contributed by atoms with E-state index >= 15 is 0 Å². The predicted octanol–water partition coefficient (Wildman–Crippen LogP) is 2.12. The van der Waals surface area contributed by atoms with Gasteiger partial charge in [0.25, 0.3) is 5.91 Å². The van der Waals surface area contributed by atoms with Gasteiger partial charge in [-0.05, 0) is 37.1 Å². The second kappa shape index (κ2) is 6.43. The van der Waals surface area contributed by atoms with Gasteiger partial charge in [-0.3, -0.25) is 9.59 Å². The minimum absolute atomic E-state index is 0.205. The first-order chi connectivity index (χ1) is 11.5. The average Bonchev–Trinajstić information content (AvgIpc) is 3.22. The number of halogens is 1. The van der Waals surface area contributed by atoms with Gasteiger partial charge in [0.2, 0.25) is 0 Å². The Kier molecular flexibility index (Phi) is 4.33. The summed E-state index contributed by atoms with van der Waals surface area (Å²) in [5, 5.41) is 13.3. The second-order valence-corrected chi connectivity index (χ2v) is 5.82. The van der Waals surface area contributed by atoms with Crippen LogP contribution in [-0.4, -0.2) is 44.8 Å². The molecular formula is C17H18FN3O3. The van der Waals surface area contributed by atoms with Gasteiger partial charge in [0.05, 0.1) is 29.1 Å². The van der Waals surface area contributed by atoms with Crippen molar-refractivity contribution in [3.8, 4) is 5.69 Å². The lowest BCUT2D eigenvalue weighted by Crippen LogP contribution is -2.30. The van der Waals surface area contributed by atoms with E-state index in [9.17, 15) is 14.0 Å². The highest BCUT2D eigenvalue weighted by atomic mass is 19.1. The Balaban J connectivity index is 1.88. The summed E-state index contributed by atoms with van der Waals surface area (Å²) in [4.78, 5) is 25.3. The summed E-state index contributed by atoms with van der Waals surface area (Å²) in [5.74, 6) is -1.92. The lowest BCUT2D eigenvalue weighted by atomic mass is 10.1. The molecule has 0 aliphatic carbocycles. The number of carbonyl (C=O) groups excluding carboxylic acids is 1. The van der Waals surface area contributed by atoms with Gasteiger partial charge in [0, 0.05) is 13.1 Å². The molecule has 1 aliphatic rings. The van der Waals surface area contributed by atoms with Gasteiger partial charge in [-0.1, -0.05) is 6.92 Å². The van der Waals surface area contributed by atoms with Crippen LogP contribution in [-0.2, 0) is 11.2 Å². The highest BCUT2D eigenvalue weighted by Gasteiger charge is 2.32. The molecule has 6 nitrogen and oxygen atoms in total. The molecule has 1 aromatic carbocycles. The summed E-state index contributed by atoms with van der Waals surface area (Å²) in [6, 6.07) is 5.89. The van der Waals surface area contributed by atoms with Crippen molar-refractivity contribution in [1.82, 2.24) is 14.7 Å². The zero-order chi connectivity index (χ0) is 17.3. The molecule has 0 spiro atoms. The monoisotopic (exact) mass is 331 g/mol. The van der Waals surface area contributed by atoms with Crippen LogP contribution in [0.4, 0.5) is 4.39 Å². The lowest BCUT2D eigenvalue weighted by molar-refractivity contribution is -0.141. The van der Waals surface area contributed by atoms with E-state index in [0.717, 1.165) is 5.69 Å². The van der Waals surface area contributed by atoms with Crippen molar-refractivity contribution in [2.45, 2.75) is 19.8 Å². The van der Waals surface area contributed by atoms with Gasteiger partial charge in [-0.25, -0.2) is 9.07 Å². The summed E-state index contributed by atoms with van der Waals surface area (Å²) in [6.07, 6.45) is 2.54. The summed E-state index contributed by atoms with van der Waals surface area (Å²) in [5.41, 5.74) is 1.87. The molecule has 126 valence electrons. The number of nitrogens with zero attached hydrogens (tertiary/aromatic N) is 3. The van der Waals surface area contributed by atoms with E-state index < -0.39 is 11.9 Å². The van der Waals surface area contributed by atoms with E-state index in [4.69, 9.17) is 5.11 Å². The van der Waals surface area contributed by atoms with Crippen molar-refractivity contribution < 1.29 is 19.1 Å². The molecule has 2 heterocycles. The van der Waals surface area contributed by atoms with Crippen LogP contribution in [0.2, 0.25) is 0 Å². The van der Waals surface area contributed by atoms with Crippen LogP contribution in [0.5, 0.6) is 0 Å². The average molecular weight is 331 g/mol. The summed E-state index contributed by atoms with van der Waals surface area (Å²) in [6.45, 7) is 2.57. The van der Waals surface area contributed by atoms with E-state index in [-0.39, 0.29) is 18.3 Å². The Bertz CT molecular complexity index is 770. The fourth-order valence-electron chi connectivity index (χ4n) is 3.01. The molecule has 1 unspecified atom stereocenters. The molecule has 3 rings (SSSR count). The number of rotatable bonds is 4. The second-order valence-electron chi connectivity index (χ2n) is 5.82. The van der Waals surface area contributed by atoms with Gasteiger partial charge in [-0.2, -0.15) is 5.10 Å². The first-order valence-electron chi connectivity index (χ1n) is 7.86. The fraction of sp³-hybridized carbons (Fsp3) is 0.353. The molecule has 1 N–H and O–H groups in total. The number of hydrogen-bond acceptors (Lipinski definition) is 3. The van der Waals surface area contributed by atoms with Crippen molar-refractivity contribution in [1.29, 1.82) is 0 Å². The molecule has 1 aromatic heterocycles. The number of aliphatic carboxylic acids is 1. The van der Waals surface area contributed by atoms with Crippen molar-refractivity contribution in [2.75, 3.05) is 13.1 Å². The molecule has 0 saturated carbocycles. The highest BCUT2D eigenvalue weighted by Crippen LogP contribution is 2.22.